The first kappa shape index (κ1) is 15.9. The van der Waals surface area contributed by atoms with Crippen molar-refractivity contribution in [1.29, 1.82) is 0 Å². The number of nitrogens with one attached hydrogen (secondary N) is 1. The summed E-state index contributed by atoms with van der Waals surface area (Å²) in [5.74, 6) is -0.123. The lowest BCUT2D eigenvalue weighted by atomic mass is 9.92. The Labute approximate surface area is 109 Å². The predicted molar refractivity (Wildman–Crippen MR) is 73.3 cm³/mol. The summed E-state index contributed by atoms with van der Waals surface area (Å²) in [6.45, 7) is 7.97. The first-order chi connectivity index (χ1) is 7.30. The van der Waals surface area contributed by atoms with Crippen LogP contribution in [0.25, 0.3) is 0 Å². The summed E-state index contributed by atoms with van der Waals surface area (Å²) in [4.78, 5) is 11.8. The molecule has 1 atom stereocenters. The maximum atomic E-state index is 11.8. The fourth-order valence-electron chi connectivity index (χ4n) is 1.15. The van der Waals surface area contributed by atoms with Gasteiger partial charge in [-0.3, -0.25) is 4.79 Å². The first-order valence-electron chi connectivity index (χ1n) is 5.44. The molecule has 0 saturated carbocycles. The van der Waals surface area contributed by atoms with E-state index in [9.17, 15) is 4.79 Å². The Hall–Kier alpha value is -1.06. The van der Waals surface area contributed by atoms with E-state index in [-0.39, 0.29) is 29.9 Å². The van der Waals surface area contributed by atoms with E-state index in [0.29, 0.717) is 5.56 Å². The second-order valence-electron chi connectivity index (χ2n) is 5.18. The Kier molecular flexibility index (Phi) is 5.66. The molecule has 4 heteroatoms. The van der Waals surface area contributed by atoms with Crippen LogP contribution in [0.4, 0.5) is 0 Å². The highest BCUT2D eigenvalue weighted by Crippen LogP contribution is 2.15. The molecule has 1 aromatic carbocycles. The molecular weight excluding hydrogens is 236 g/mol. The lowest BCUT2D eigenvalue weighted by Crippen LogP contribution is -2.50. The van der Waals surface area contributed by atoms with Crippen LogP contribution in [0.5, 0.6) is 0 Å². The number of amides is 1. The number of nitrogens with two attached hydrogens (primary N) is 1. The molecular formula is C13H21ClN2O. The van der Waals surface area contributed by atoms with Gasteiger partial charge in [-0.05, 0) is 24.5 Å². The summed E-state index contributed by atoms with van der Waals surface area (Å²) in [6, 6.07) is 7.44. The van der Waals surface area contributed by atoms with Crippen molar-refractivity contribution in [3.05, 3.63) is 35.4 Å². The number of carbonyl (C=O) groups is 1. The van der Waals surface area contributed by atoms with Crippen molar-refractivity contribution in [2.24, 2.45) is 11.1 Å². The highest BCUT2D eigenvalue weighted by atomic mass is 35.5. The van der Waals surface area contributed by atoms with Crippen molar-refractivity contribution >= 4 is 18.3 Å². The van der Waals surface area contributed by atoms with E-state index in [4.69, 9.17) is 5.73 Å². The Morgan fingerprint density at radius 3 is 2.12 bits per heavy atom. The van der Waals surface area contributed by atoms with Gasteiger partial charge >= 0.3 is 0 Å². The molecule has 0 aromatic heterocycles. The largest absolute Gasteiger partial charge is 0.336 e. The van der Waals surface area contributed by atoms with Crippen LogP contribution in [0.3, 0.4) is 0 Å². The number of rotatable bonds is 2. The molecule has 3 nitrogen and oxygen atoms in total. The standard InChI is InChI=1S/C13H20N2O.ClH/c1-9-5-7-10(8-6-9)11(16)15-12(14)13(2,3)4;/h5-8,12H,14H2,1-4H3,(H,15,16);1H. The van der Waals surface area contributed by atoms with Crippen LogP contribution in [0, 0.1) is 12.3 Å². The summed E-state index contributed by atoms with van der Waals surface area (Å²) in [6.07, 6.45) is -0.346. The SMILES string of the molecule is Cc1ccc(C(=O)NC(N)C(C)(C)C)cc1.Cl. The molecule has 3 N–H and O–H groups in total. The van der Waals surface area contributed by atoms with Crippen LogP contribution in [-0.4, -0.2) is 12.1 Å². The lowest BCUT2D eigenvalue weighted by molar-refractivity contribution is 0.0905. The van der Waals surface area contributed by atoms with Gasteiger partial charge < -0.3 is 11.1 Å². The van der Waals surface area contributed by atoms with E-state index in [1.54, 1.807) is 12.1 Å². The van der Waals surface area contributed by atoms with Gasteiger partial charge in [0.15, 0.2) is 0 Å². The van der Waals surface area contributed by atoms with Crippen molar-refractivity contribution in [1.82, 2.24) is 5.32 Å². The Bertz CT molecular complexity index is 368. The van der Waals surface area contributed by atoms with Crippen LogP contribution in [0.1, 0.15) is 36.7 Å². The highest BCUT2D eigenvalue weighted by Gasteiger charge is 2.22. The molecule has 96 valence electrons. The van der Waals surface area contributed by atoms with Gasteiger partial charge in [0.05, 0.1) is 6.17 Å². The third-order valence-corrected chi connectivity index (χ3v) is 2.53. The quantitative estimate of drug-likeness (QED) is 0.799. The number of carbonyl (C=O) groups excluding carboxylic acids is 1. The number of hydrogen-bond acceptors (Lipinski definition) is 2. The first-order valence-corrected chi connectivity index (χ1v) is 5.44. The zero-order valence-electron chi connectivity index (χ0n) is 10.8. The van der Waals surface area contributed by atoms with E-state index in [1.807, 2.05) is 39.8 Å². The van der Waals surface area contributed by atoms with Gasteiger partial charge in [-0.25, -0.2) is 0 Å². The predicted octanol–water partition coefficient (Wildman–Crippen LogP) is 2.48. The van der Waals surface area contributed by atoms with Crippen molar-refractivity contribution < 1.29 is 4.79 Å². The Morgan fingerprint density at radius 2 is 1.71 bits per heavy atom. The maximum Gasteiger partial charge on any atom is 0.252 e. The molecule has 0 aliphatic heterocycles. The molecule has 0 spiro atoms. The summed E-state index contributed by atoms with van der Waals surface area (Å²) in [5.41, 5.74) is 7.53. The fraction of sp³-hybridized carbons (Fsp3) is 0.462. The smallest absolute Gasteiger partial charge is 0.252 e. The van der Waals surface area contributed by atoms with Gasteiger partial charge in [0.1, 0.15) is 0 Å². The highest BCUT2D eigenvalue weighted by molar-refractivity contribution is 5.94. The van der Waals surface area contributed by atoms with Gasteiger partial charge in [0, 0.05) is 5.56 Å². The molecule has 0 heterocycles. The van der Waals surface area contributed by atoms with E-state index in [0.717, 1.165) is 5.56 Å². The third kappa shape index (κ3) is 4.75. The van der Waals surface area contributed by atoms with Gasteiger partial charge in [-0.15, -0.1) is 12.4 Å². The molecule has 0 saturated heterocycles. The van der Waals surface area contributed by atoms with Gasteiger partial charge in [0.2, 0.25) is 0 Å². The van der Waals surface area contributed by atoms with E-state index >= 15 is 0 Å². The second kappa shape index (κ2) is 6.03. The van der Waals surface area contributed by atoms with Crippen molar-refractivity contribution in [2.75, 3.05) is 0 Å². The summed E-state index contributed by atoms with van der Waals surface area (Å²) in [5, 5.41) is 2.79. The normalized spacial score (nSPS) is 12.5. The van der Waals surface area contributed by atoms with Crippen LogP contribution in [-0.2, 0) is 0 Å². The molecule has 0 aliphatic rings. The minimum Gasteiger partial charge on any atom is -0.336 e. The second-order valence-corrected chi connectivity index (χ2v) is 5.18. The van der Waals surface area contributed by atoms with Crippen molar-refractivity contribution in [2.45, 2.75) is 33.9 Å². The summed E-state index contributed by atoms with van der Waals surface area (Å²) in [7, 11) is 0. The summed E-state index contributed by atoms with van der Waals surface area (Å²) < 4.78 is 0. The fourth-order valence-corrected chi connectivity index (χ4v) is 1.15. The maximum absolute atomic E-state index is 11.8. The summed E-state index contributed by atoms with van der Waals surface area (Å²) >= 11 is 0. The Morgan fingerprint density at radius 1 is 1.24 bits per heavy atom. The third-order valence-electron chi connectivity index (χ3n) is 2.53. The minimum absolute atomic E-state index is 0. The number of halogens is 1. The van der Waals surface area contributed by atoms with Crippen LogP contribution < -0.4 is 11.1 Å². The van der Waals surface area contributed by atoms with Crippen LogP contribution >= 0.6 is 12.4 Å². The lowest BCUT2D eigenvalue weighted by Gasteiger charge is -2.27. The van der Waals surface area contributed by atoms with Crippen LogP contribution in [0.2, 0.25) is 0 Å². The number of aryl methyl sites for hydroxylation is 1. The zero-order chi connectivity index (χ0) is 12.3. The number of benzene rings is 1. The molecule has 1 unspecified atom stereocenters. The topological polar surface area (TPSA) is 55.1 Å². The molecule has 1 aromatic rings. The number of hydrogen-bond donors (Lipinski definition) is 2. The van der Waals surface area contributed by atoms with Gasteiger partial charge in [-0.1, -0.05) is 38.5 Å². The van der Waals surface area contributed by atoms with Gasteiger partial charge in [-0.2, -0.15) is 0 Å². The molecule has 1 rings (SSSR count). The van der Waals surface area contributed by atoms with E-state index < -0.39 is 0 Å². The minimum atomic E-state index is -0.346. The van der Waals surface area contributed by atoms with E-state index in [1.165, 1.54) is 0 Å². The molecule has 1 amide bonds. The molecule has 17 heavy (non-hydrogen) atoms. The van der Waals surface area contributed by atoms with Crippen LogP contribution in [0.15, 0.2) is 24.3 Å². The van der Waals surface area contributed by atoms with Crippen molar-refractivity contribution in [3.63, 3.8) is 0 Å². The Balaban J connectivity index is 0.00000256. The molecule has 0 aliphatic carbocycles. The monoisotopic (exact) mass is 256 g/mol. The van der Waals surface area contributed by atoms with Gasteiger partial charge in [0.25, 0.3) is 5.91 Å². The average Bonchev–Trinajstić information content (AvgIpc) is 2.17. The molecule has 0 bridgehead atoms. The molecule has 0 radical (unpaired) electrons. The average molecular weight is 257 g/mol. The van der Waals surface area contributed by atoms with E-state index in [2.05, 4.69) is 5.32 Å². The molecule has 0 fully saturated rings. The zero-order valence-corrected chi connectivity index (χ0v) is 11.6. The van der Waals surface area contributed by atoms with Crippen molar-refractivity contribution in [3.8, 4) is 0 Å².